The Hall–Kier alpha value is -3.56. The van der Waals surface area contributed by atoms with Crippen LogP contribution in [0.15, 0.2) is 71.6 Å². The molecule has 0 saturated heterocycles. The first kappa shape index (κ1) is 23.6. The largest absolute Gasteiger partial charge is 0.342 e. The standard InChI is InChI=1S/C25H26N4O4S/c26-16-27-25(32)20(14-17-9-10-18-5-1-2-6-19(18)13-17)28-23(30)15-29-21-7-3-4-8-22(21)34(33)12-11-24(29)31/h1-10,13,20H,11-12,14-16,26H2,(H,27,32)(H,28,30)/t20-,34?/m1/s1. The van der Waals surface area contributed by atoms with Crippen LogP contribution in [0.2, 0.25) is 0 Å². The smallest absolute Gasteiger partial charge is 0.243 e. The number of nitrogens with two attached hydrogens (primary N) is 1. The van der Waals surface area contributed by atoms with E-state index in [0.717, 1.165) is 16.3 Å². The summed E-state index contributed by atoms with van der Waals surface area (Å²) < 4.78 is 12.5. The summed E-state index contributed by atoms with van der Waals surface area (Å²) in [5.74, 6) is -0.982. The third-order valence-corrected chi connectivity index (χ3v) is 7.10. The lowest BCUT2D eigenvalue weighted by Gasteiger charge is -2.24. The molecule has 1 aliphatic heterocycles. The zero-order chi connectivity index (χ0) is 24.1. The van der Waals surface area contributed by atoms with E-state index in [4.69, 9.17) is 5.73 Å². The van der Waals surface area contributed by atoms with Gasteiger partial charge in [0, 0.05) is 18.6 Å². The third kappa shape index (κ3) is 5.32. The van der Waals surface area contributed by atoms with Gasteiger partial charge in [-0.15, -0.1) is 0 Å². The van der Waals surface area contributed by atoms with Crippen LogP contribution in [-0.2, 0) is 31.6 Å². The van der Waals surface area contributed by atoms with Gasteiger partial charge in [-0.25, -0.2) is 0 Å². The van der Waals surface area contributed by atoms with Crippen LogP contribution in [0.3, 0.4) is 0 Å². The molecule has 0 saturated carbocycles. The maximum Gasteiger partial charge on any atom is 0.243 e. The van der Waals surface area contributed by atoms with Crippen LogP contribution in [0.25, 0.3) is 10.8 Å². The summed E-state index contributed by atoms with van der Waals surface area (Å²) in [4.78, 5) is 40.2. The first-order chi connectivity index (χ1) is 16.5. The van der Waals surface area contributed by atoms with Crippen molar-refractivity contribution in [3.8, 4) is 0 Å². The second-order valence-electron chi connectivity index (χ2n) is 8.00. The normalized spacial score (nSPS) is 16.4. The average molecular weight is 479 g/mol. The fraction of sp³-hybridized carbons (Fsp3) is 0.240. The number of carbonyl (C=O) groups is 3. The van der Waals surface area contributed by atoms with E-state index >= 15 is 0 Å². The molecule has 3 aromatic carbocycles. The lowest BCUT2D eigenvalue weighted by atomic mass is 10.0. The summed E-state index contributed by atoms with van der Waals surface area (Å²) in [7, 11) is -1.32. The van der Waals surface area contributed by atoms with Gasteiger partial charge in [-0.1, -0.05) is 54.6 Å². The van der Waals surface area contributed by atoms with Gasteiger partial charge in [0.1, 0.15) is 12.6 Å². The lowest BCUT2D eigenvalue weighted by molar-refractivity contribution is -0.128. The fourth-order valence-corrected chi connectivity index (χ4v) is 5.25. The van der Waals surface area contributed by atoms with Gasteiger partial charge in [-0.2, -0.15) is 0 Å². The van der Waals surface area contributed by atoms with Crippen molar-refractivity contribution in [2.24, 2.45) is 5.73 Å². The number of nitrogens with one attached hydrogen (secondary N) is 2. The zero-order valence-electron chi connectivity index (χ0n) is 18.5. The lowest BCUT2D eigenvalue weighted by Crippen LogP contribution is -2.52. The molecule has 4 N–H and O–H groups in total. The third-order valence-electron chi connectivity index (χ3n) is 5.69. The Balaban J connectivity index is 1.53. The average Bonchev–Trinajstić information content (AvgIpc) is 2.96. The Labute approximate surface area is 200 Å². The predicted octanol–water partition coefficient (Wildman–Crippen LogP) is 1.44. The molecule has 0 radical (unpaired) electrons. The summed E-state index contributed by atoms with van der Waals surface area (Å²) in [5, 5.41) is 7.42. The molecule has 4 rings (SSSR count). The van der Waals surface area contributed by atoms with Crippen LogP contribution in [-0.4, -0.2) is 46.9 Å². The molecule has 0 aliphatic carbocycles. The number of amides is 3. The minimum absolute atomic E-state index is 0.0628. The van der Waals surface area contributed by atoms with E-state index in [1.54, 1.807) is 24.3 Å². The minimum Gasteiger partial charge on any atom is -0.342 e. The number of benzene rings is 3. The summed E-state index contributed by atoms with van der Waals surface area (Å²) in [6.45, 7) is -0.343. The zero-order valence-corrected chi connectivity index (χ0v) is 19.3. The van der Waals surface area contributed by atoms with Gasteiger partial charge < -0.3 is 21.3 Å². The molecule has 0 bridgehead atoms. The maximum atomic E-state index is 13.0. The molecule has 2 atom stereocenters. The number of hydrogen-bond acceptors (Lipinski definition) is 5. The number of carbonyl (C=O) groups excluding carboxylic acids is 3. The van der Waals surface area contributed by atoms with E-state index in [0.29, 0.717) is 10.6 Å². The van der Waals surface area contributed by atoms with Crippen molar-refractivity contribution in [3.63, 3.8) is 0 Å². The van der Waals surface area contributed by atoms with E-state index in [-0.39, 0.29) is 37.7 Å². The summed E-state index contributed by atoms with van der Waals surface area (Å²) in [5.41, 5.74) is 6.82. The Morgan fingerprint density at radius 2 is 1.76 bits per heavy atom. The second kappa shape index (κ2) is 10.6. The number of nitrogens with zero attached hydrogens (tertiary/aromatic N) is 1. The topological polar surface area (TPSA) is 122 Å². The van der Waals surface area contributed by atoms with E-state index in [9.17, 15) is 18.6 Å². The van der Waals surface area contributed by atoms with Gasteiger partial charge in [0.05, 0.1) is 28.1 Å². The maximum absolute atomic E-state index is 13.0. The summed E-state index contributed by atoms with van der Waals surface area (Å²) in [6, 6.07) is 19.7. The van der Waals surface area contributed by atoms with Crippen molar-refractivity contribution in [1.82, 2.24) is 10.6 Å². The Morgan fingerprint density at radius 3 is 2.56 bits per heavy atom. The minimum atomic E-state index is -1.32. The Morgan fingerprint density at radius 1 is 1.03 bits per heavy atom. The fourth-order valence-electron chi connectivity index (χ4n) is 4.02. The molecule has 0 spiro atoms. The van der Waals surface area contributed by atoms with Crippen LogP contribution in [0, 0.1) is 0 Å². The van der Waals surface area contributed by atoms with E-state index < -0.39 is 28.7 Å². The molecular formula is C25H26N4O4S. The van der Waals surface area contributed by atoms with Crippen LogP contribution in [0.4, 0.5) is 5.69 Å². The molecule has 34 heavy (non-hydrogen) atoms. The van der Waals surface area contributed by atoms with Crippen molar-refractivity contribution in [2.75, 3.05) is 23.9 Å². The molecular weight excluding hydrogens is 452 g/mol. The molecule has 9 heteroatoms. The first-order valence-electron chi connectivity index (χ1n) is 11.0. The molecule has 0 fully saturated rings. The molecule has 1 unspecified atom stereocenters. The molecule has 0 aromatic heterocycles. The highest BCUT2D eigenvalue weighted by atomic mass is 32.2. The monoisotopic (exact) mass is 478 g/mol. The SMILES string of the molecule is NCNC(=O)[C@@H](Cc1ccc2ccccc2c1)NC(=O)CN1C(=O)CCS(=O)c2ccccc21. The van der Waals surface area contributed by atoms with Gasteiger partial charge in [0.2, 0.25) is 17.7 Å². The number of fused-ring (bicyclic) bond motifs is 2. The molecule has 1 aliphatic rings. The highest BCUT2D eigenvalue weighted by Gasteiger charge is 2.29. The Bertz CT molecular complexity index is 1260. The van der Waals surface area contributed by atoms with Gasteiger partial charge >= 0.3 is 0 Å². The van der Waals surface area contributed by atoms with Crippen molar-refractivity contribution in [2.45, 2.75) is 23.8 Å². The molecule has 3 amide bonds. The number of rotatable bonds is 7. The van der Waals surface area contributed by atoms with Crippen molar-refractivity contribution < 1.29 is 18.6 Å². The van der Waals surface area contributed by atoms with Crippen LogP contribution < -0.4 is 21.3 Å². The van der Waals surface area contributed by atoms with E-state index in [1.807, 2.05) is 42.5 Å². The highest BCUT2D eigenvalue weighted by molar-refractivity contribution is 7.85. The molecule has 176 valence electrons. The van der Waals surface area contributed by atoms with Crippen LogP contribution in [0.5, 0.6) is 0 Å². The van der Waals surface area contributed by atoms with Crippen molar-refractivity contribution >= 4 is 45.0 Å². The van der Waals surface area contributed by atoms with Crippen LogP contribution >= 0.6 is 0 Å². The Kier molecular flexibility index (Phi) is 7.34. The van der Waals surface area contributed by atoms with E-state index in [2.05, 4.69) is 10.6 Å². The summed E-state index contributed by atoms with van der Waals surface area (Å²) >= 11 is 0. The van der Waals surface area contributed by atoms with Gasteiger partial charge in [-0.05, 0) is 28.5 Å². The van der Waals surface area contributed by atoms with Gasteiger partial charge in [0.25, 0.3) is 0 Å². The molecule has 3 aromatic rings. The van der Waals surface area contributed by atoms with Gasteiger partial charge in [0.15, 0.2) is 0 Å². The number of anilines is 1. The predicted molar refractivity (Wildman–Crippen MR) is 131 cm³/mol. The molecule has 8 nitrogen and oxygen atoms in total. The van der Waals surface area contributed by atoms with E-state index in [1.165, 1.54) is 4.90 Å². The highest BCUT2D eigenvalue weighted by Crippen LogP contribution is 2.27. The number of para-hydroxylation sites is 1. The van der Waals surface area contributed by atoms with Crippen molar-refractivity contribution in [1.29, 1.82) is 0 Å². The molecule has 1 heterocycles. The summed E-state index contributed by atoms with van der Waals surface area (Å²) in [6.07, 6.45) is 0.333. The van der Waals surface area contributed by atoms with Gasteiger partial charge in [-0.3, -0.25) is 18.6 Å². The first-order valence-corrected chi connectivity index (χ1v) is 12.3. The van der Waals surface area contributed by atoms with Crippen LogP contribution in [0.1, 0.15) is 12.0 Å². The number of hydrogen-bond donors (Lipinski definition) is 3. The quantitative estimate of drug-likeness (QED) is 0.444. The van der Waals surface area contributed by atoms with Crippen molar-refractivity contribution in [3.05, 3.63) is 72.3 Å². The second-order valence-corrected chi connectivity index (χ2v) is 9.54.